The van der Waals surface area contributed by atoms with E-state index in [1.54, 1.807) is 0 Å². The van der Waals surface area contributed by atoms with E-state index in [1.807, 2.05) is 13.1 Å². The molecule has 0 saturated carbocycles. The summed E-state index contributed by atoms with van der Waals surface area (Å²) in [4.78, 5) is 23.9. The second kappa shape index (κ2) is 8.43. The molecule has 0 heterocycles. The van der Waals surface area contributed by atoms with E-state index in [0.29, 0.717) is 0 Å². The van der Waals surface area contributed by atoms with Crippen LogP contribution in [0.15, 0.2) is 24.3 Å². The molecule has 2 amide bonds. The van der Waals surface area contributed by atoms with Crippen LogP contribution >= 0.6 is 0 Å². The third-order valence-electron chi connectivity index (χ3n) is 4.78. The molecule has 0 aliphatic heterocycles. The van der Waals surface area contributed by atoms with Gasteiger partial charge >= 0.3 is 6.18 Å². The fourth-order valence-electron chi connectivity index (χ4n) is 2.01. The maximum absolute atomic E-state index is 12.8. The maximum Gasteiger partial charge on any atom is 0.416 e. The summed E-state index contributed by atoms with van der Waals surface area (Å²) in [5.74, 6) is -1.56. The monoisotopic (exact) mass is 404 g/mol. The lowest BCUT2D eigenvalue weighted by molar-refractivity contribution is -0.137. The molecule has 0 radical (unpaired) electrons. The van der Waals surface area contributed by atoms with Gasteiger partial charge in [0.25, 0.3) is 5.91 Å². The zero-order chi connectivity index (χ0) is 21.0. The minimum atomic E-state index is -4.56. The molecule has 9 heteroatoms. The zero-order valence-electron chi connectivity index (χ0n) is 16.2. The molecule has 0 bridgehead atoms. The van der Waals surface area contributed by atoms with Crippen molar-refractivity contribution in [2.75, 3.05) is 6.61 Å². The van der Waals surface area contributed by atoms with E-state index in [1.165, 1.54) is 6.07 Å². The molecular formula is C18H27F3N2O3Si. The van der Waals surface area contributed by atoms with E-state index < -0.39 is 37.9 Å². The Morgan fingerprint density at radius 3 is 2.30 bits per heavy atom. The average Bonchev–Trinajstić information content (AvgIpc) is 2.51. The van der Waals surface area contributed by atoms with Crippen LogP contribution in [0.5, 0.6) is 0 Å². The van der Waals surface area contributed by atoms with Crippen LogP contribution in [0.4, 0.5) is 13.2 Å². The number of carbonyl (C=O) groups is 2. The number of carbonyl (C=O) groups excluding carboxylic acids is 2. The quantitative estimate of drug-likeness (QED) is 0.680. The molecule has 1 aromatic carbocycles. The number of hydrogen-bond donors (Lipinski definition) is 2. The average molecular weight is 405 g/mol. The van der Waals surface area contributed by atoms with Crippen LogP contribution in [0, 0.1) is 0 Å². The molecule has 0 unspecified atom stereocenters. The van der Waals surface area contributed by atoms with Crippen molar-refractivity contribution < 1.29 is 27.2 Å². The fourth-order valence-corrected chi connectivity index (χ4v) is 3.07. The van der Waals surface area contributed by atoms with Crippen LogP contribution in [-0.4, -0.2) is 32.8 Å². The summed E-state index contributed by atoms with van der Waals surface area (Å²) >= 11 is 0. The van der Waals surface area contributed by atoms with E-state index in [0.717, 1.165) is 18.2 Å². The number of primary amides is 1. The summed E-state index contributed by atoms with van der Waals surface area (Å²) in [6.45, 7) is 10.5. The van der Waals surface area contributed by atoms with Crippen LogP contribution in [0.25, 0.3) is 0 Å². The summed E-state index contributed by atoms with van der Waals surface area (Å²) in [5, 5.41) is 2.37. The van der Waals surface area contributed by atoms with E-state index in [4.69, 9.17) is 10.2 Å². The molecule has 3 N–H and O–H groups in total. The Labute approximate surface area is 158 Å². The SMILES string of the molecule is CC(C)(C)[Si](C)(C)OCC[C@H](NC(=O)c1cccc(C(F)(F)F)c1)C(N)=O. The highest BCUT2D eigenvalue weighted by Gasteiger charge is 2.37. The molecule has 1 aromatic rings. The summed E-state index contributed by atoms with van der Waals surface area (Å²) in [6.07, 6.45) is -4.41. The van der Waals surface area contributed by atoms with Gasteiger partial charge in [0.1, 0.15) is 6.04 Å². The summed E-state index contributed by atoms with van der Waals surface area (Å²) < 4.78 is 44.3. The first-order valence-corrected chi connectivity index (χ1v) is 11.5. The van der Waals surface area contributed by atoms with Gasteiger partial charge in [-0.25, -0.2) is 0 Å². The predicted octanol–water partition coefficient (Wildman–Crippen LogP) is 3.70. The van der Waals surface area contributed by atoms with Gasteiger partial charge in [-0.15, -0.1) is 0 Å². The van der Waals surface area contributed by atoms with Gasteiger partial charge in [-0.3, -0.25) is 9.59 Å². The third-order valence-corrected chi connectivity index (χ3v) is 9.31. The number of nitrogens with two attached hydrogens (primary N) is 1. The van der Waals surface area contributed by atoms with Gasteiger partial charge in [-0.2, -0.15) is 13.2 Å². The van der Waals surface area contributed by atoms with Gasteiger partial charge in [-0.1, -0.05) is 26.8 Å². The van der Waals surface area contributed by atoms with Crippen LogP contribution < -0.4 is 11.1 Å². The van der Waals surface area contributed by atoms with Crippen molar-refractivity contribution in [3.8, 4) is 0 Å². The third kappa shape index (κ3) is 6.66. The molecule has 1 rings (SSSR count). The number of alkyl halides is 3. The van der Waals surface area contributed by atoms with Gasteiger partial charge in [0, 0.05) is 12.2 Å². The number of halogens is 3. The Morgan fingerprint density at radius 1 is 1.22 bits per heavy atom. The Morgan fingerprint density at radius 2 is 1.81 bits per heavy atom. The first kappa shape index (κ1) is 23.2. The Balaban J connectivity index is 2.78. The van der Waals surface area contributed by atoms with Gasteiger partial charge in [0.15, 0.2) is 8.32 Å². The molecule has 0 saturated heterocycles. The molecule has 27 heavy (non-hydrogen) atoms. The maximum atomic E-state index is 12.8. The summed E-state index contributed by atoms with van der Waals surface area (Å²) in [5.41, 5.74) is 4.19. The first-order chi connectivity index (χ1) is 12.1. The molecule has 0 fully saturated rings. The fraction of sp³-hybridized carbons (Fsp3) is 0.556. The lowest BCUT2D eigenvalue weighted by atomic mass is 10.1. The van der Waals surface area contributed by atoms with Gasteiger partial charge in [0.05, 0.1) is 5.56 Å². The number of benzene rings is 1. The Kier molecular flexibility index (Phi) is 7.23. The van der Waals surface area contributed by atoms with Crippen molar-refractivity contribution >= 4 is 20.1 Å². The normalized spacial score (nSPS) is 13.9. The smallest absolute Gasteiger partial charge is 0.416 e. The van der Waals surface area contributed by atoms with Crippen molar-refractivity contribution in [3.63, 3.8) is 0 Å². The highest BCUT2D eigenvalue weighted by atomic mass is 28.4. The molecule has 0 spiro atoms. The van der Waals surface area contributed by atoms with E-state index in [9.17, 15) is 22.8 Å². The van der Waals surface area contributed by atoms with Crippen LogP contribution in [0.3, 0.4) is 0 Å². The molecule has 0 aliphatic rings. The molecule has 152 valence electrons. The minimum absolute atomic E-state index is 0.0174. The van der Waals surface area contributed by atoms with Crippen molar-refractivity contribution in [2.45, 2.75) is 57.5 Å². The zero-order valence-corrected chi connectivity index (χ0v) is 17.2. The van der Waals surface area contributed by atoms with Crippen LogP contribution in [-0.2, 0) is 15.4 Å². The highest BCUT2D eigenvalue weighted by Crippen LogP contribution is 2.36. The Hall–Kier alpha value is -1.87. The molecular weight excluding hydrogens is 377 g/mol. The summed E-state index contributed by atoms with van der Waals surface area (Å²) in [7, 11) is -2.03. The van der Waals surface area contributed by atoms with E-state index >= 15 is 0 Å². The predicted molar refractivity (Wildman–Crippen MR) is 99.7 cm³/mol. The topological polar surface area (TPSA) is 81.4 Å². The molecule has 0 aromatic heterocycles. The molecule has 0 aliphatic carbocycles. The number of hydrogen-bond acceptors (Lipinski definition) is 3. The number of amides is 2. The standard InChI is InChI=1S/C18H27F3N2O3Si/c1-17(2,3)27(4,5)26-10-9-14(15(22)24)23-16(25)12-7-6-8-13(11-12)18(19,20)21/h6-8,11,14H,9-10H2,1-5H3,(H2,22,24)(H,23,25)/t14-/m0/s1. The molecule has 5 nitrogen and oxygen atoms in total. The van der Waals surface area contributed by atoms with Gasteiger partial charge in [0.2, 0.25) is 5.91 Å². The van der Waals surface area contributed by atoms with Crippen molar-refractivity contribution in [3.05, 3.63) is 35.4 Å². The largest absolute Gasteiger partial charge is 0.417 e. The van der Waals surface area contributed by atoms with Crippen LogP contribution in [0.2, 0.25) is 18.1 Å². The van der Waals surface area contributed by atoms with Crippen molar-refractivity contribution in [1.82, 2.24) is 5.32 Å². The van der Waals surface area contributed by atoms with Crippen LogP contribution in [0.1, 0.15) is 43.1 Å². The minimum Gasteiger partial charge on any atom is -0.417 e. The van der Waals surface area contributed by atoms with E-state index in [2.05, 4.69) is 26.1 Å². The Bertz CT molecular complexity index is 685. The second-order valence-electron chi connectivity index (χ2n) is 7.90. The van der Waals surface area contributed by atoms with E-state index in [-0.39, 0.29) is 23.6 Å². The highest BCUT2D eigenvalue weighted by molar-refractivity contribution is 6.74. The van der Waals surface area contributed by atoms with Crippen molar-refractivity contribution in [1.29, 1.82) is 0 Å². The molecule has 1 atom stereocenters. The number of rotatable bonds is 7. The number of nitrogens with one attached hydrogen (secondary N) is 1. The second-order valence-corrected chi connectivity index (χ2v) is 12.7. The summed E-state index contributed by atoms with van der Waals surface area (Å²) in [6, 6.07) is 2.96. The van der Waals surface area contributed by atoms with Gasteiger partial charge in [-0.05, 0) is 42.8 Å². The van der Waals surface area contributed by atoms with Crippen molar-refractivity contribution in [2.24, 2.45) is 5.73 Å². The lowest BCUT2D eigenvalue weighted by Crippen LogP contribution is -2.47. The first-order valence-electron chi connectivity index (χ1n) is 8.56. The van der Waals surface area contributed by atoms with Gasteiger partial charge < -0.3 is 15.5 Å². The lowest BCUT2D eigenvalue weighted by Gasteiger charge is -2.36.